The second-order valence-electron chi connectivity index (χ2n) is 11.6. The molecule has 0 aliphatic heterocycles. The van der Waals surface area contributed by atoms with Gasteiger partial charge >= 0.3 is 5.97 Å². The van der Waals surface area contributed by atoms with Crippen LogP contribution >= 0.6 is 0 Å². The first-order valence-electron chi connectivity index (χ1n) is 13.2. The number of hydrogen-bond donors (Lipinski definition) is 2. The van der Waals surface area contributed by atoms with Gasteiger partial charge in [0.15, 0.2) is 6.10 Å². The summed E-state index contributed by atoms with van der Waals surface area (Å²) in [6.07, 6.45) is -1.98. The summed E-state index contributed by atoms with van der Waals surface area (Å²) >= 11 is 0. The molecule has 3 aromatic rings. The molecule has 5 heteroatoms. The summed E-state index contributed by atoms with van der Waals surface area (Å²) in [6, 6.07) is 12.6. The number of aliphatic hydroxyl groups is 1. The van der Waals surface area contributed by atoms with Gasteiger partial charge in [-0.2, -0.15) is 0 Å². The highest BCUT2D eigenvalue weighted by atomic mass is 16.5. The lowest BCUT2D eigenvalue weighted by molar-refractivity contribution is -0.160. The van der Waals surface area contributed by atoms with Gasteiger partial charge < -0.3 is 19.8 Å². The molecule has 0 aliphatic carbocycles. The molecule has 5 nitrogen and oxygen atoms in total. The minimum absolute atomic E-state index is 0.614. The van der Waals surface area contributed by atoms with Gasteiger partial charge in [-0.25, -0.2) is 4.79 Å². The zero-order valence-corrected chi connectivity index (χ0v) is 24.8. The highest BCUT2D eigenvalue weighted by molar-refractivity contribution is 5.94. The van der Waals surface area contributed by atoms with Gasteiger partial charge in [-0.05, 0) is 119 Å². The second-order valence-corrected chi connectivity index (χ2v) is 11.6. The van der Waals surface area contributed by atoms with E-state index >= 15 is 0 Å². The Morgan fingerprint density at radius 2 is 1.29 bits per heavy atom. The number of rotatable bonds is 7. The fourth-order valence-electron chi connectivity index (χ4n) is 5.07. The summed E-state index contributed by atoms with van der Waals surface area (Å²) in [6.45, 7) is 19.6. The number of carboxylic acid groups (broad SMARTS) is 1. The highest BCUT2D eigenvalue weighted by Crippen LogP contribution is 2.48. The Kier molecular flexibility index (Phi) is 8.45. The van der Waals surface area contributed by atoms with Crippen LogP contribution in [-0.4, -0.2) is 35.1 Å². The highest BCUT2D eigenvalue weighted by Gasteiger charge is 2.35. The zero-order chi connectivity index (χ0) is 28.7. The Hall–Kier alpha value is -3.15. The Morgan fingerprint density at radius 1 is 0.816 bits per heavy atom. The number of ether oxygens (including phenoxy) is 1. The standard InChI is InChI=1S/C33H43NO4/c1-18-12-14-25(16-20(18)3)27-22(5)28(26-15-13-19(2)21(4)17-26)30(34(11)24(7)35)23(6)29(27)31(32(36)37)38-33(8,9)10/h12-17,24,31,35H,1-11H3,(H,36,37). The topological polar surface area (TPSA) is 70.0 Å². The Labute approximate surface area is 228 Å². The predicted octanol–water partition coefficient (Wildman–Crippen LogP) is 7.59. The third-order valence-electron chi connectivity index (χ3n) is 7.48. The van der Waals surface area contributed by atoms with Crippen LogP contribution in [0.4, 0.5) is 5.69 Å². The van der Waals surface area contributed by atoms with Gasteiger partial charge in [-0.3, -0.25) is 0 Å². The van der Waals surface area contributed by atoms with Crippen LogP contribution in [-0.2, 0) is 9.53 Å². The quantitative estimate of drug-likeness (QED) is 0.316. The van der Waals surface area contributed by atoms with E-state index in [1.54, 1.807) is 6.92 Å². The number of benzene rings is 3. The summed E-state index contributed by atoms with van der Waals surface area (Å²) in [5.41, 5.74) is 10.9. The van der Waals surface area contributed by atoms with E-state index in [4.69, 9.17) is 4.74 Å². The minimum atomic E-state index is -1.19. The molecule has 0 aliphatic rings. The first kappa shape index (κ1) is 29.4. The van der Waals surface area contributed by atoms with Crippen molar-refractivity contribution in [1.82, 2.24) is 0 Å². The van der Waals surface area contributed by atoms with Crippen molar-refractivity contribution in [3.8, 4) is 22.3 Å². The third-order valence-corrected chi connectivity index (χ3v) is 7.48. The third kappa shape index (κ3) is 5.79. The minimum Gasteiger partial charge on any atom is -0.479 e. The normalized spacial score (nSPS) is 13.4. The largest absolute Gasteiger partial charge is 0.479 e. The first-order valence-corrected chi connectivity index (χ1v) is 13.2. The molecule has 3 rings (SSSR count). The monoisotopic (exact) mass is 517 g/mol. The molecule has 0 fully saturated rings. The molecular formula is C33H43NO4. The second kappa shape index (κ2) is 10.9. The number of carbonyl (C=O) groups is 1. The fourth-order valence-corrected chi connectivity index (χ4v) is 5.07. The van der Waals surface area contributed by atoms with E-state index in [0.717, 1.165) is 44.6 Å². The van der Waals surface area contributed by atoms with E-state index in [2.05, 4.69) is 64.1 Å². The van der Waals surface area contributed by atoms with E-state index < -0.39 is 23.9 Å². The molecule has 0 amide bonds. The summed E-state index contributed by atoms with van der Waals surface area (Å²) in [5, 5.41) is 21.2. The van der Waals surface area contributed by atoms with Gasteiger partial charge in [-0.1, -0.05) is 36.4 Å². The molecule has 3 aromatic carbocycles. The number of anilines is 1. The van der Waals surface area contributed by atoms with Crippen LogP contribution in [0.3, 0.4) is 0 Å². The summed E-state index contributed by atoms with van der Waals surface area (Å²) in [7, 11) is 1.84. The average molecular weight is 518 g/mol. The molecule has 2 unspecified atom stereocenters. The Bertz CT molecular complexity index is 1360. The maximum Gasteiger partial charge on any atom is 0.337 e. The summed E-state index contributed by atoms with van der Waals surface area (Å²) < 4.78 is 6.23. The fraction of sp³-hybridized carbons (Fsp3) is 0.424. The zero-order valence-electron chi connectivity index (χ0n) is 24.8. The van der Waals surface area contributed by atoms with Crippen molar-refractivity contribution in [2.75, 3.05) is 11.9 Å². The van der Waals surface area contributed by atoms with Crippen LogP contribution < -0.4 is 4.90 Å². The van der Waals surface area contributed by atoms with Gasteiger partial charge in [0, 0.05) is 23.9 Å². The molecule has 38 heavy (non-hydrogen) atoms. The van der Waals surface area contributed by atoms with Crippen LogP contribution in [0.15, 0.2) is 36.4 Å². The molecule has 2 atom stereocenters. The molecule has 0 heterocycles. The van der Waals surface area contributed by atoms with Gasteiger partial charge in [0.2, 0.25) is 0 Å². The molecular weight excluding hydrogens is 474 g/mol. The Balaban J connectivity index is 2.60. The molecule has 0 saturated carbocycles. The lowest BCUT2D eigenvalue weighted by Crippen LogP contribution is -2.32. The average Bonchev–Trinajstić information content (AvgIpc) is 2.81. The molecule has 0 radical (unpaired) electrons. The van der Waals surface area contributed by atoms with Crippen molar-refractivity contribution in [1.29, 1.82) is 0 Å². The number of aryl methyl sites for hydroxylation is 4. The lowest BCUT2D eigenvalue weighted by atomic mass is 9.81. The Morgan fingerprint density at radius 3 is 1.68 bits per heavy atom. The van der Waals surface area contributed by atoms with Crippen molar-refractivity contribution >= 4 is 11.7 Å². The maximum absolute atomic E-state index is 12.8. The SMILES string of the molecule is Cc1ccc(-c2c(C)c(-c3ccc(C)c(C)c3)c(N(C)C(C)O)c(C)c2C(OC(C)(C)C)C(=O)O)cc1C. The van der Waals surface area contributed by atoms with Crippen molar-refractivity contribution in [3.63, 3.8) is 0 Å². The first-order chi connectivity index (χ1) is 17.5. The van der Waals surface area contributed by atoms with Crippen molar-refractivity contribution in [2.45, 2.75) is 87.2 Å². The number of nitrogens with zero attached hydrogens (tertiary/aromatic N) is 1. The van der Waals surface area contributed by atoms with Crippen molar-refractivity contribution < 1.29 is 19.7 Å². The molecule has 2 N–H and O–H groups in total. The van der Waals surface area contributed by atoms with Gasteiger partial charge in [-0.15, -0.1) is 0 Å². The smallest absolute Gasteiger partial charge is 0.337 e. The van der Waals surface area contributed by atoms with Crippen LogP contribution in [0.2, 0.25) is 0 Å². The number of carboxylic acids is 1. The van der Waals surface area contributed by atoms with Crippen LogP contribution in [0.25, 0.3) is 22.3 Å². The molecule has 0 aromatic heterocycles. The summed E-state index contributed by atoms with van der Waals surface area (Å²) in [4.78, 5) is 14.6. The van der Waals surface area contributed by atoms with Crippen LogP contribution in [0.5, 0.6) is 0 Å². The van der Waals surface area contributed by atoms with Crippen LogP contribution in [0.1, 0.15) is 72.7 Å². The molecule has 0 spiro atoms. The van der Waals surface area contributed by atoms with E-state index in [1.165, 1.54) is 16.7 Å². The summed E-state index contributed by atoms with van der Waals surface area (Å²) in [5.74, 6) is -1.04. The molecule has 204 valence electrons. The maximum atomic E-state index is 12.8. The van der Waals surface area contributed by atoms with E-state index in [1.807, 2.05) is 46.6 Å². The number of aliphatic hydroxyl groups excluding tert-OH is 1. The van der Waals surface area contributed by atoms with Gasteiger partial charge in [0.1, 0.15) is 6.23 Å². The lowest BCUT2D eigenvalue weighted by Gasteiger charge is -2.34. The molecule has 0 bridgehead atoms. The van der Waals surface area contributed by atoms with Crippen molar-refractivity contribution in [3.05, 3.63) is 75.3 Å². The predicted molar refractivity (Wildman–Crippen MR) is 157 cm³/mol. The van der Waals surface area contributed by atoms with E-state index in [-0.39, 0.29) is 0 Å². The van der Waals surface area contributed by atoms with Crippen molar-refractivity contribution in [2.24, 2.45) is 0 Å². The van der Waals surface area contributed by atoms with Crippen LogP contribution in [0, 0.1) is 41.5 Å². The number of hydrogen-bond acceptors (Lipinski definition) is 4. The number of aliphatic carboxylic acids is 1. The molecule has 0 saturated heterocycles. The van der Waals surface area contributed by atoms with Gasteiger partial charge in [0.05, 0.1) is 5.60 Å². The van der Waals surface area contributed by atoms with E-state index in [0.29, 0.717) is 5.56 Å². The van der Waals surface area contributed by atoms with E-state index in [9.17, 15) is 15.0 Å². The van der Waals surface area contributed by atoms with Gasteiger partial charge in [0.25, 0.3) is 0 Å².